The van der Waals surface area contributed by atoms with E-state index in [4.69, 9.17) is 9.63 Å². The largest absolute Gasteiger partial charge is 0.481 e. The first-order valence-electron chi connectivity index (χ1n) is 9.06. The van der Waals surface area contributed by atoms with Crippen molar-refractivity contribution in [3.63, 3.8) is 0 Å². The first kappa shape index (κ1) is 19.0. The van der Waals surface area contributed by atoms with Crippen LogP contribution >= 0.6 is 11.3 Å². The number of aromatic nitrogens is 3. The molecule has 0 radical (unpaired) electrons. The lowest BCUT2D eigenvalue weighted by molar-refractivity contribution is -0.136. The number of thiazole rings is 1. The lowest BCUT2D eigenvalue weighted by Gasteiger charge is -2.03. The summed E-state index contributed by atoms with van der Waals surface area (Å²) in [5, 5.41) is 18.6. The smallest absolute Gasteiger partial charge is 0.304 e. The zero-order chi connectivity index (χ0) is 20.1. The van der Waals surface area contributed by atoms with Crippen molar-refractivity contribution in [2.24, 2.45) is 0 Å². The Balaban J connectivity index is 1.43. The standard InChI is InChI=1S/C21H18N4O3S/c26-18(27)10-11-22-12-14-6-8-15(9-7-14)19-24-20(28-25-19)17-13-29-21(23-17)16-4-2-1-3-5-16/h1-9,13,22H,10-12H2,(H,26,27). The number of hydrogen-bond acceptors (Lipinski definition) is 7. The van der Waals surface area contributed by atoms with Gasteiger partial charge in [0, 0.05) is 29.6 Å². The molecular formula is C21H18N4O3S. The Morgan fingerprint density at radius 2 is 1.83 bits per heavy atom. The molecule has 0 amide bonds. The van der Waals surface area contributed by atoms with Crippen LogP contribution in [-0.4, -0.2) is 32.7 Å². The van der Waals surface area contributed by atoms with Gasteiger partial charge in [0.25, 0.3) is 5.89 Å². The predicted octanol–water partition coefficient (Wildman–Crippen LogP) is 4.09. The van der Waals surface area contributed by atoms with Crippen LogP contribution in [-0.2, 0) is 11.3 Å². The van der Waals surface area contributed by atoms with Crippen molar-refractivity contribution in [3.05, 3.63) is 65.5 Å². The van der Waals surface area contributed by atoms with Crippen molar-refractivity contribution in [1.29, 1.82) is 0 Å². The van der Waals surface area contributed by atoms with Gasteiger partial charge in [0.15, 0.2) is 0 Å². The van der Waals surface area contributed by atoms with Crippen LogP contribution < -0.4 is 5.32 Å². The molecule has 2 aromatic heterocycles. The van der Waals surface area contributed by atoms with E-state index in [-0.39, 0.29) is 6.42 Å². The summed E-state index contributed by atoms with van der Waals surface area (Å²) in [4.78, 5) is 19.6. The first-order valence-corrected chi connectivity index (χ1v) is 9.94. The average Bonchev–Trinajstić information content (AvgIpc) is 3.42. The molecule has 0 spiro atoms. The van der Waals surface area contributed by atoms with Crippen molar-refractivity contribution in [3.8, 4) is 33.5 Å². The Morgan fingerprint density at radius 3 is 2.59 bits per heavy atom. The maximum absolute atomic E-state index is 10.5. The maximum Gasteiger partial charge on any atom is 0.304 e. The number of aliphatic carboxylic acids is 1. The number of carboxylic acid groups (broad SMARTS) is 1. The van der Waals surface area contributed by atoms with Gasteiger partial charge < -0.3 is 14.9 Å². The van der Waals surface area contributed by atoms with E-state index in [0.717, 1.165) is 21.7 Å². The molecule has 0 aliphatic carbocycles. The predicted molar refractivity (Wildman–Crippen MR) is 110 cm³/mol. The minimum absolute atomic E-state index is 0.103. The number of hydrogen-bond donors (Lipinski definition) is 2. The summed E-state index contributed by atoms with van der Waals surface area (Å²) in [5.74, 6) is 0.0780. The molecule has 0 aliphatic rings. The summed E-state index contributed by atoms with van der Waals surface area (Å²) < 4.78 is 5.40. The molecule has 0 saturated carbocycles. The maximum atomic E-state index is 10.5. The molecule has 0 fully saturated rings. The second kappa shape index (κ2) is 8.76. The molecule has 4 aromatic rings. The molecule has 0 saturated heterocycles. The van der Waals surface area contributed by atoms with Crippen LogP contribution in [0.25, 0.3) is 33.5 Å². The summed E-state index contributed by atoms with van der Waals surface area (Å²) in [6.07, 6.45) is 0.103. The molecule has 2 N–H and O–H groups in total. The number of nitrogens with one attached hydrogen (secondary N) is 1. The third-order valence-corrected chi connectivity index (χ3v) is 5.12. The van der Waals surface area contributed by atoms with Gasteiger partial charge in [-0.2, -0.15) is 4.98 Å². The Morgan fingerprint density at radius 1 is 1.03 bits per heavy atom. The monoisotopic (exact) mass is 406 g/mol. The fourth-order valence-corrected chi connectivity index (χ4v) is 3.53. The van der Waals surface area contributed by atoms with Crippen LogP contribution in [0.4, 0.5) is 0 Å². The van der Waals surface area contributed by atoms with Crippen LogP contribution in [0, 0.1) is 0 Å². The lowest BCUT2D eigenvalue weighted by atomic mass is 10.1. The van der Waals surface area contributed by atoms with Crippen molar-refractivity contribution >= 4 is 17.3 Å². The van der Waals surface area contributed by atoms with E-state index < -0.39 is 5.97 Å². The quantitative estimate of drug-likeness (QED) is 0.425. The number of benzene rings is 2. The van der Waals surface area contributed by atoms with Crippen molar-refractivity contribution in [2.75, 3.05) is 6.54 Å². The highest BCUT2D eigenvalue weighted by Gasteiger charge is 2.14. The fourth-order valence-electron chi connectivity index (χ4n) is 2.73. The van der Waals surface area contributed by atoms with Crippen molar-refractivity contribution in [1.82, 2.24) is 20.4 Å². The van der Waals surface area contributed by atoms with Crippen LogP contribution in [0.1, 0.15) is 12.0 Å². The lowest BCUT2D eigenvalue weighted by Crippen LogP contribution is -2.17. The molecule has 8 heteroatoms. The normalized spacial score (nSPS) is 10.9. The van der Waals surface area contributed by atoms with E-state index in [0.29, 0.717) is 30.5 Å². The topological polar surface area (TPSA) is 101 Å². The van der Waals surface area contributed by atoms with Gasteiger partial charge in [-0.05, 0) is 5.56 Å². The Labute approximate surface area is 171 Å². The van der Waals surface area contributed by atoms with Gasteiger partial charge in [0.05, 0.1) is 6.42 Å². The third-order valence-electron chi connectivity index (χ3n) is 4.23. The highest BCUT2D eigenvalue weighted by atomic mass is 32.1. The number of carboxylic acids is 1. The average molecular weight is 406 g/mol. The van der Waals surface area contributed by atoms with E-state index in [1.807, 2.05) is 60.0 Å². The second-order valence-corrected chi connectivity index (χ2v) is 7.20. The van der Waals surface area contributed by atoms with Gasteiger partial charge in [0.1, 0.15) is 10.7 Å². The molecule has 0 atom stereocenters. The highest BCUT2D eigenvalue weighted by molar-refractivity contribution is 7.13. The van der Waals surface area contributed by atoms with Gasteiger partial charge in [-0.15, -0.1) is 11.3 Å². The van der Waals surface area contributed by atoms with E-state index in [9.17, 15) is 4.79 Å². The Bertz CT molecular complexity index is 1090. The molecule has 0 unspecified atom stereocenters. The van der Waals surface area contributed by atoms with Crippen molar-refractivity contribution in [2.45, 2.75) is 13.0 Å². The summed E-state index contributed by atoms with van der Waals surface area (Å²) in [5.41, 5.74) is 3.60. The van der Waals surface area contributed by atoms with Crippen LogP contribution in [0.5, 0.6) is 0 Å². The van der Waals surface area contributed by atoms with Crippen molar-refractivity contribution < 1.29 is 14.4 Å². The summed E-state index contributed by atoms with van der Waals surface area (Å²) in [6, 6.07) is 17.7. The van der Waals surface area contributed by atoms with Gasteiger partial charge in [0.2, 0.25) is 5.82 Å². The molecule has 0 aliphatic heterocycles. The van der Waals surface area contributed by atoms with Crippen LogP contribution in [0.15, 0.2) is 64.5 Å². The number of carbonyl (C=O) groups is 1. The van der Waals surface area contributed by atoms with E-state index in [2.05, 4.69) is 20.4 Å². The summed E-state index contributed by atoms with van der Waals surface area (Å²) in [7, 11) is 0. The van der Waals surface area contributed by atoms with Crippen LogP contribution in [0.3, 0.4) is 0 Å². The van der Waals surface area contributed by atoms with Gasteiger partial charge in [-0.3, -0.25) is 4.79 Å². The molecule has 2 heterocycles. The molecule has 0 bridgehead atoms. The Kier molecular flexibility index (Phi) is 5.73. The summed E-state index contributed by atoms with van der Waals surface area (Å²) in [6.45, 7) is 1.04. The first-order chi connectivity index (χ1) is 14.2. The molecule has 4 rings (SSSR count). The molecule has 29 heavy (non-hydrogen) atoms. The minimum atomic E-state index is -0.809. The molecule has 7 nitrogen and oxygen atoms in total. The SMILES string of the molecule is O=C(O)CCNCc1ccc(-c2noc(-c3csc(-c4ccccc4)n3)n2)cc1. The van der Waals surface area contributed by atoms with E-state index in [1.54, 1.807) is 0 Å². The van der Waals surface area contributed by atoms with Gasteiger partial charge in [-0.1, -0.05) is 59.8 Å². The minimum Gasteiger partial charge on any atom is -0.481 e. The number of nitrogens with zero attached hydrogens (tertiary/aromatic N) is 3. The van der Waals surface area contributed by atoms with Gasteiger partial charge in [-0.25, -0.2) is 4.98 Å². The molecule has 146 valence electrons. The third kappa shape index (κ3) is 4.74. The van der Waals surface area contributed by atoms with Crippen LogP contribution in [0.2, 0.25) is 0 Å². The molecule has 2 aromatic carbocycles. The zero-order valence-corrected chi connectivity index (χ0v) is 16.2. The fraction of sp³-hybridized carbons (Fsp3) is 0.143. The molecular weight excluding hydrogens is 388 g/mol. The summed E-state index contributed by atoms with van der Waals surface area (Å²) >= 11 is 1.53. The Hall–Kier alpha value is -3.36. The number of rotatable bonds is 8. The van der Waals surface area contributed by atoms with Gasteiger partial charge >= 0.3 is 5.97 Å². The van der Waals surface area contributed by atoms with E-state index in [1.165, 1.54) is 11.3 Å². The second-order valence-electron chi connectivity index (χ2n) is 6.34. The highest BCUT2D eigenvalue weighted by Crippen LogP contribution is 2.29. The zero-order valence-electron chi connectivity index (χ0n) is 15.4. The van der Waals surface area contributed by atoms with E-state index >= 15 is 0 Å².